The molecule has 110 valence electrons. The van der Waals surface area contributed by atoms with E-state index < -0.39 is 0 Å². The summed E-state index contributed by atoms with van der Waals surface area (Å²) in [6.07, 6.45) is 5.95. The number of hydrogen-bond donors (Lipinski definition) is 1. The van der Waals surface area contributed by atoms with Crippen LogP contribution in [-0.4, -0.2) is 16.0 Å². The van der Waals surface area contributed by atoms with Gasteiger partial charge in [-0.3, -0.25) is 0 Å². The molecule has 0 amide bonds. The Bertz CT molecular complexity index is 567. The lowest BCUT2D eigenvalue weighted by atomic mass is 10.1. The van der Waals surface area contributed by atoms with Crippen LogP contribution in [0.3, 0.4) is 0 Å². The summed E-state index contributed by atoms with van der Waals surface area (Å²) in [5.41, 5.74) is 0. The molecule has 0 aliphatic rings. The molecular formula is C15H22ClN3S. The van der Waals surface area contributed by atoms with E-state index in [0.717, 1.165) is 28.9 Å². The first-order chi connectivity index (χ1) is 9.63. The SMILES string of the molecule is CCCCCC(C)Nc1nc(Cl)nc2sc(CC)cc12. The largest absolute Gasteiger partial charge is 0.367 e. The topological polar surface area (TPSA) is 37.8 Å². The highest BCUT2D eigenvalue weighted by molar-refractivity contribution is 7.18. The van der Waals surface area contributed by atoms with E-state index in [4.69, 9.17) is 11.6 Å². The fourth-order valence-electron chi connectivity index (χ4n) is 2.24. The third-order valence-electron chi connectivity index (χ3n) is 3.39. The monoisotopic (exact) mass is 311 g/mol. The normalized spacial score (nSPS) is 12.8. The first-order valence-electron chi connectivity index (χ1n) is 7.36. The van der Waals surface area contributed by atoms with Crippen LogP contribution in [-0.2, 0) is 6.42 Å². The van der Waals surface area contributed by atoms with Gasteiger partial charge in [-0.15, -0.1) is 11.3 Å². The molecule has 5 heteroatoms. The van der Waals surface area contributed by atoms with E-state index in [0.29, 0.717) is 11.3 Å². The summed E-state index contributed by atoms with van der Waals surface area (Å²) in [4.78, 5) is 11.0. The number of aromatic nitrogens is 2. The van der Waals surface area contributed by atoms with Crippen molar-refractivity contribution in [3.05, 3.63) is 16.2 Å². The smallest absolute Gasteiger partial charge is 0.225 e. The van der Waals surface area contributed by atoms with Crippen LogP contribution in [0.1, 0.15) is 51.3 Å². The third-order valence-corrected chi connectivity index (χ3v) is 4.73. The Hall–Kier alpha value is -0.870. The number of nitrogens with one attached hydrogen (secondary N) is 1. The number of anilines is 1. The number of nitrogens with zero attached hydrogens (tertiary/aromatic N) is 2. The second-order valence-electron chi connectivity index (χ2n) is 5.17. The Morgan fingerprint density at radius 2 is 2.10 bits per heavy atom. The van der Waals surface area contributed by atoms with E-state index >= 15 is 0 Å². The number of hydrogen-bond acceptors (Lipinski definition) is 4. The van der Waals surface area contributed by atoms with Crippen molar-refractivity contribution in [2.75, 3.05) is 5.32 Å². The summed E-state index contributed by atoms with van der Waals surface area (Å²) < 4.78 is 0. The van der Waals surface area contributed by atoms with Gasteiger partial charge in [-0.05, 0) is 37.4 Å². The molecule has 2 aromatic heterocycles. The van der Waals surface area contributed by atoms with Gasteiger partial charge in [-0.2, -0.15) is 0 Å². The lowest BCUT2D eigenvalue weighted by molar-refractivity contribution is 0.614. The first kappa shape index (κ1) is 15.5. The fraction of sp³-hybridized carbons (Fsp3) is 0.600. The standard InChI is InChI=1S/C15H22ClN3S/c1-4-6-7-8-10(3)17-13-12-9-11(5-2)20-14(12)19-15(16)18-13/h9-10H,4-8H2,1-3H3,(H,17,18,19). The number of halogens is 1. The van der Waals surface area contributed by atoms with Crippen LogP contribution in [0.5, 0.6) is 0 Å². The van der Waals surface area contributed by atoms with E-state index in [1.807, 2.05) is 0 Å². The average molecular weight is 312 g/mol. The zero-order valence-corrected chi connectivity index (χ0v) is 13.9. The van der Waals surface area contributed by atoms with Crippen molar-refractivity contribution in [2.45, 2.75) is 58.9 Å². The maximum absolute atomic E-state index is 6.03. The van der Waals surface area contributed by atoms with Crippen molar-refractivity contribution in [2.24, 2.45) is 0 Å². The molecule has 3 nitrogen and oxygen atoms in total. The maximum atomic E-state index is 6.03. The number of rotatable bonds is 7. The Morgan fingerprint density at radius 3 is 2.80 bits per heavy atom. The average Bonchev–Trinajstić information content (AvgIpc) is 2.82. The molecule has 0 bridgehead atoms. The predicted molar refractivity (Wildman–Crippen MR) is 89.0 cm³/mol. The molecule has 2 heterocycles. The molecule has 0 radical (unpaired) electrons. The summed E-state index contributed by atoms with van der Waals surface area (Å²) >= 11 is 7.73. The summed E-state index contributed by atoms with van der Waals surface area (Å²) in [5.74, 6) is 0.875. The van der Waals surface area contributed by atoms with Gasteiger partial charge in [0.25, 0.3) is 0 Å². The highest BCUT2D eigenvalue weighted by Crippen LogP contribution is 2.30. The van der Waals surface area contributed by atoms with Gasteiger partial charge >= 0.3 is 0 Å². The lowest BCUT2D eigenvalue weighted by Gasteiger charge is -2.14. The van der Waals surface area contributed by atoms with Crippen molar-refractivity contribution in [3.63, 3.8) is 0 Å². The molecule has 1 N–H and O–H groups in total. The zero-order chi connectivity index (χ0) is 14.5. The molecule has 2 rings (SSSR count). The van der Waals surface area contributed by atoms with Crippen LogP contribution in [0.2, 0.25) is 5.28 Å². The Labute approximate surface area is 129 Å². The molecule has 0 saturated carbocycles. The second kappa shape index (κ2) is 7.23. The van der Waals surface area contributed by atoms with Gasteiger partial charge in [0.2, 0.25) is 5.28 Å². The molecule has 0 aromatic carbocycles. The van der Waals surface area contributed by atoms with Gasteiger partial charge in [-0.1, -0.05) is 33.1 Å². The molecule has 1 unspecified atom stereocenters. The van der Waals surface area contributed by atoms with Crippen molar-refractivity contribution >= 4 is 39.0 Å². The van der Waals surface area contributed by atoms with Crippen LogP contribution in [0.4, 0.5) is 5.82 Å². The maximum Gasteiger partial charge on any atom is 0.225 e. The Kier molecular flexibility index (Phi) is 5.61. The van der Waals surface area contributed by atoms with Crippen molar-refractivity contribution in [1.82, 2.24) is 9.97 Å². The van der Waals surface area contributed by atoms with Crippen molar-refractivity contribution < 1.29 is 0 Å². The molecular weight excluding hydrogens is 290 g/mol. The van der Waals surface area contributed by atoms with Crippen LogP contribution < -0.4 is 5.32 Å². The first-order valence-corrected chi connectivity index (χ1v) is 8.56. The van der Waals surface area contributed by atoms with Gasteiger partial charge in [0.1, 0.15) is 10.6 Å². The van der Waals surface area contributed by atoms with Crippen LogP contribution in [0.15, 0.2) is 6.07 Å². The van der Waals surface area contributed by atoms with Gasteiger partial charge in [0, 0.05) is 10.9 Å². The molecule has 0 aliphatic heterocycles. The Morgan fingerprint density at radius 1 is 1.30 bits per heavy atom. The van der Waals surface area contributed by atoms with Crippen molar-refractivity contribution in [1.29, 1.82) is 0 Å². The van der Waals surface area contributed by atoms with Gasteiger partial charge in [0.05, 0.1) is 5.39 Å². The molecule has 0 saturated heterocycles. The molecule has 0 spiro atoms. The highest BCUT2D eigenvalue weighted by Gasteiger charge is 2.12. The summed E-state index contributed by atoms with van der Waals surface area (Å²) in [7, 11) is 0. The van der Waals surface area contributed by atoms with Gasteiger partial charge < -0.3 is 5.32 Å². The molecule has 20 heavy (non-hydrogen) atoms. The minimum atomic E-state index is 0.324. The predicted octanol–water partition coefficient (Wildman–Crippen LogP) is 5.29. The van der Waals surface area contributed by atoms with Crippen LogP contribution in [0, 0.1) is 0 Å². The van der Waals surface area contributed by atoms with E-state index in [9.17, 15) is 0 Å². The molecule has 2 aromatic rings. The van der Waals surface area contributed by atoms with E-state index in [1.165, 1.54) is 24.1 Å². The zero-order valence-electron chi connectivity index (χ0n) is 12.4. The minimum absolute atomic E-state index is 0.324. The van der Waals surface area contributed by atoms with E-state index in [1.54, 1.807) is 11.3 Å². The number of unbranched alkanes of at least 4 members (excludes halogenated alkanes) is 2. The Balaban J connectivity index is 2.17. The highest BCUT2D eigenvalue weighted by atomic mass is 35.5. The van der Waals surface area contributed by atoms with Gasteiger partial charge in [-0.25, -0.2) is 9.97 Å². The quantitative estimate of drug-likeness (QED) is 0.558. The molecule has 0 fully saturated rings. The van der Waals surface area contributed by atoms with Crippen LogP contribution >= 0.6 is 22.9 Å². The summed E-state index contributed by atoms with van der Waals surface area (Å²) in [6.45, 7) is 6.58. The second-order valence-corrected chi connectivity index (χ2v) is 6.62. The van der Waals surface area contributed by atoms with Gasteiger partial charge in [0.15, 0.2) is 0 Å². The number of fused-ring (bicyclic) bond motifs is 1. The summed E-state index contributed by atoms with van der Waals surface area (Å²) in [5, 5.41) is 4.91. The van der Waals surface area contributed by atoms with E-state index in [-0.39, 0.29) is 0 Å². The fourth-order valence-corrected chi connectivity index (χ4v) is 3.42. The minimum Gasteiger partial charge on any atom is -0.367 e. The molecule has 1 atom stereocenters. The van der Waals surface area contributed by atoms with Crippen molar-refractivity contribution in [3.8, 4) is 0 Å². The molecule has 0 aliphatic carbocycles. The van der Waals surface area contributed by atoms with E-state index in [2.05, 4.69) is 42.1 Å². The number of thiophene rings is 1. The lowest BCUT2D eigenvalue weighted by Crippen LogP contribution is -2.16. The third kappa shape index (κ3) is 3.83. The number of aryl methyl sites for hydroxylation is 1. The van der Waals surface area contributed by atoms with Crippen LogP contribution in [0.25, 0.3) is 10.2 Å². The summed E-state index contributed by atoms with van der Waals surface area (Å²) in [6, 6.07) is 2.58.